The maximum atomic E-state index is 12.6. The standard InChI is InChI=1S/C28H46N4O4/c1-21-19-25(33)31(27(21)35)18-14-10-6-8-12-16-24(32-26(34)20-22(2)28(32)36)23(30)15-11-7-4-3-5-9-13-17-29/h19-20,23-24H,3-18,29-30H2,1-2H3. The maximum Gasteiger partial charge on any atom is 0.256 e. The number of nitrogens with two attached hydrogens (primary N) is 2. The highest BCUT2D eigenvalue weighted by molar-refractivity contribution is 6.16. The van der Waals surface area contributed by atoms with Crippen molar-refractivity contribution in [2.75, 3.05) is 13.1 Å². The van der Waals surface area contributed by atoms with Crippen molar-refractivity contribution in [2.45, 2.75) is 116 Å². The molecule has 2 heterocycles. The minimum Gasteiger partial charge on any atom is -0.330 e. The summed E-state index contributed by atoms with van der Waals surface area (Å²) in [6.45, 7) is 4.56. The molecule has 2 aliphatic heterocycles. The molecule has 0 aromatic heterocycles. The van der Waals surface area contributed by atoms with Crippen LogP contribution in [0.2, 0.25) is 0 Å². The Morgan fingerprint density at radius 2 is 1.17 bits per heavy atom. The van der Waals surface area contributed by atoms with Crippen LogP contribution in [0.1, 0.15) is 104 Å². The number of hydrogen-bond donors (Lipinski definition) is 2. The van der Waals surface area contributed by atoms with Crippen molar-refractivity contribution in [3.05, 3.63) is 23.3 Å². The van der Waals surface area contributed by atoms with E-state index in [9.17, 15) is 19.2 Å². The normalized spacial score (nSPS) is 17.8. The first-order valence-electron chi connectivity index (χ1n) is 13.8. The smallest absolute Gasteiger partial charge is 0.256 e. The Morgan fingerprint density at radius 3 is 1.69 bits per heavy atom. The quantitative estimate of drug-likeness (QED) is 0.205. The van der Waals surface area contributed by atoms with Crippen LogP contribution in [0.5, 0.6) is 0 Å². The molecule has 0 radical (unpaired) electrons. The van der Waals surface area contributed by atoms with Gasteiger partial charge in [-0.2, -0.15) is 0 Å². The Hall–Kier alpha value is -2.32. The van der Waals surface area contributed by atoms with Crippen molar-refractivity contribution in [2.24, 2.45) is 11.5 Å². The molecule has 0 aromatic rings. The topological polar surface area (TPSA) is 127 Å². The van der Waals surface area contributed by atoms with E-state index in [4.69, 9.17) is 11.5 Å². The second-order valence-electron chi connectivity index (χ2n) is 10.3. The number of carbonyl (C=O) groups excluding carboxylic acids is 4. The van der Waals surface area contributed by atoms with Gasteiger partial charge in [0.25, 0.3) is 23.6 Å². The van der Waals surface area contributed by atoms with Crippen molar-refractivity contribution in [3.8, 4) is 0 Å². The third-order valence-corrected chi connectivity index (χ3v) is 7.27. The van der Waals surface area contributed by atoms with Gasteiger partial charge >= 0.3 is 0 Å². The highest BCUT2D eigenvalue weighted by Crippen LogP contribution is 2.24. The molecular formula is C28H46N4O4. The van der Waals surface area contributed by atoms with Gasteiger partial charge in [-0.25, -0.2) is 0 Å². The second kappa shape index (κ2) is 15.7. The predicted molar refractivity (Wildman–Crippen MR) is 142 cm³/mol. The lowest BCUT2D eigenvalue weighted by atomic mass is 9.94. The van der Waals surface area contributed by atoms with E-state index in [1.54, 1.807) is 13.8 Å². The summed E-state index contributed by atoms with van der Waals surface area (Å²) in [5.74, 6) is -0.872. The maximum absolute atomic E-state index is 12.6. The summed E-state index contributed by atoms with van der Waals surface area (Å²) >= 11 is 0. The number of carbonyl (C=O) groups is 4. The summed E-state index contributed by atoms with van der Waals surface area (Å²) in [7, 11) is 0. The van der Waals surface area contributed by atoms with Crippen LogP contribution in [0.4, 0.5) is 0 Å². The minimum atomic E-state index is -0.280. The van der Waals surface area contributed by atoms with Crippen LogP contribution in [-0.2, 0) is 19.2 Å². The number of nitrogens with zero attached hydrogens (tertiary/aromatic N) is 2. The predicted octanol–water partition coefficient (Wildman–Crippen LogP) is 3.73. The van der Waals surface area contributed by atoms with Gasteiger partial charge in [0.05, 0.1) is 6.04 Å². The summed E-state index contributed by atoms with van der Waals surface area (Å²) in [4.78, 5) is 51.6. The van der Waals surface area contributed by atoms with Crippen LogP contribution in [0, 0.1) is 0 Å². The molecule has 0 spiro atoms. The lowest BCUT2D eigenvalue weighted by Crippen LogP contribution is -2.50. The van der Waals surface area contributed by atoms with Crippen LogP contribution in [-0.4, -0.2) is 58.6 Å². The minimum absolute atomic E-state index is 0.188. The highest BCUT2D eigenvalue weighted by atomic mass is 16.2. The molecule has 202 valence electrons. The van der Waals surface area contributed by atoms with Gasteiger partial charge in [-0.05, 0) is 46.1 Å². The van der Waals surface area contributed by atoms with Crippen LogP contribution >= 0.6 is 0 Å². The van der Waals surface area contributed by atoms with Gasteiger partial charge in [-0.1, -0.05) is 64.2 Å². The molecule has 0 aliphatic carbocycles. The fourth-order valence-corrected chi connectivity index (χ4v) is 5.06. The fraction of sp³-hybridized carbons (Fsp3) is 0.714. The van der Waals surface area contributed by atoms with Gasteiger partial charge in [0.2, 0.25) is 0 Å². The summed E-state index contributed by atoms with van der Waals surface area (Å²) in [5, 5.41) is 0. The van der Waals surface area contributed by atoms with E-state index in [0.717, 1.165) is 64.3 Å². The van der Waals surface area contributed by atoms with E-state index in [1.807, 2.05) is 0 Å². The average molecular weight is 503 g/mol. The number of amides is 4. The molecule has 8 nitrogen and oxygen atoms in total. The Kier molecular flexibility index (Phi) is 13.1. The molecule has 4 amide bonds. The van der Waals surface area contributed by atoms with Crippen molar-refractivity contribution in [3.63, 3.8) is 0 Å². The Labute approximate surface area is 216 Å². The van der Waals surface area contributed by atoms with Crippen LogP contribution < -0.4 is 11.5 Å². The van der Waals surface area contributed by atoms with Crippen molar-refractivity contribution in [1.29, 1.82) is 0 Å². The van der Waals surface area contributed by atoms with E-state index in [-0.39, 0.29) is 35.7 Å². The first kappa shape index (κ1) is 29.9. The zero-order chi connectivity index (χ0) is 26.5. The van der Waals surface area contributed by atoms with Gasteiger partial charge < -0.3 is 11.5 Å². The first-order chi connectivity index (χ1) is 17.3. The van der Waals surface area contributed by atoms with Gasteiger partial charge in [-0.15, -0.1) is 0 Å². The van der Waals surface area contributed by atoms with Crippen LogP contribution in [0.25, 0.3) is 0 Å². The van der Waals surface area contributed by atoms with E-state index in [1.165, 1.54) is 47.6 Å². The summed E-state index contributed by atoms with van der Waals surface area (Å²) in [6, 6.07) is -0.505. The monoisotopic (exact) mass is 502 g/mol. The second-order valence-corrected chi connectivity index (χ2v) is 10.3. The number of imide groups is 2. The van der Waals surface area contributed by atoms with E-state index in [0.29, 0.717) is 24.1 Å². The molecule has 0 saturated heterocycles. The zero-order valence-electron chi connectivity index (χ0n) is 22.3. The molecule has 2 atom stereocenters. The van der Waals surface area contributed by atoms with E-state index < -0.39 is 0 Å². The molecule has 2 unspecified atom stereocenters. The van der Waals surface area contributed by atoms with Gasteiger partial charge in [0.15, 0.2) is 0 Å². The fourth-order valence-electron chi connectivity index (χ4n) is 5.06. The van der Waals surface area contributed by atoms with Crippen molar-refractivity contribution >= 4 is 23.6 Å². The first-order valence-corrected chi connectivity index (χ1v) is 13.8. The Balaban J connectivity index is 1.72. The number of unbranched alkanes of at least 4 members (excludes halogenated alkanes) is 10. The van der Waals surface area contributed by atoms with Gasteiger partial charge in [0.1, 0.15) is 0 Å². The average Bonchev–Trinajstić information content (AvgIpc) is 3.24. The lowest BCUT2D eigenvalue weighted by Gasteiger charge is -2.31. The SMILES string of the molecule is CC1=CC(=O)N(CCCCCCCC(C(N)CCCCCCCCCN)N2C(=O)C=C(C)C2=O)C1=O. The Bertz CT molecular complexity index is 835. The molecule has 36 heavy (non-hydrogen) atoms. The van der Waals surface area contributed by atoms with Crippen molar-refractivity contribution < 1.29 is 19.2 Å². The number of hydrogen-bond acceptors (Lipinski definition) is 6. The number of rotatable bonds is 19. The van der Waals surface area contributed by atoms with Crippen molar-refractivity contribution in [1.82, 2.24) is 9.80 Å². The molecule has 0 aromatic carbocycles. The molecule has 0 fully saturated rings. The van der Waals surface area contributed by atoms with Gasteiger partial charge in [0, 0.05) is 35.9 Å². The molecular weight excluding hydrogens is 456 g/mol. The zero-order valence-corrected chi connectivity index (χ0v) is 22.3. The lowest BCUT2D eigenvalue weighted by molar-refractivity contribution is -0.141. The Morgan fingerprint density at radius 1 is 0.667 bits per heavy atom. The van der Waals surface area contributed by atoms with E-state index in [2.05, 4.69) is 0 Å². The molecule has 8 heteroatoms. The summed E-state index contributed by atoms with van der Waals surface area (Å²) in [5.41, 5.74) is 13.1. The highest BCUT2D eigenvalue weighted by Gasteiger charge is 2.37. The third-order valence-electron chi connectivity index (χ3n) is 7.27. The molecule has 0 saturated carbocycles. The molecule has 2 rings (SSSR count). The molecule has 0 bridgehead atoms. The van der Waals surface area contributed by atoms with Crippen LogP contribution in [0.15, 0.2) is 23.3 Å². The van der Waals surface area contributed by atoms with Crippen LogP contribution in [0.3, 0.4) is 0 Å². The molecule has 4 N–H and O–H groups in total. The molecule has 2 aliphatic rings. The summed E-state index contributed by atoms with van der Waals surface area (Å²) in [6.07, 6.45) is 16.8. The summed E-state index contributed by atoms with van der Waals surface area (Å²) < 4.78 is 0. The largest absolute Gasteiger partial charge is 0.330 e. The van der Waals surface area contributed by atoms with E-state index >= 15 is 0 Å². The third kappa shape index (κ3) is 8.96. The van der Waals surface area contributed by atoms with Gasteiger partial charge in [-0.3, -0.25) is 29.0 Å².